The van der Waals surface area contributed by atoms with E-state index in [1.165, 1.54) is 0 Å². The highest BCUT2D eigenvalue weighted by Crippen LogP contribution is 2.18. The van der Waals surface area contributed by atoms with E-state index >= 15 is 0 Å². The Labute approximate surface area is 112 Å². The smallest absolute Gasteiger partial charge is 0.253 e. The Balaban J connectivity index is 1.93. The fraction of sp³-hybridized carbons (Fsp3) is 0.182. The molecule has 0 atom stereocenters. The van der Waals surface area contributed by atoms with Crippen molar-refractivity contribution >= 4 is 27.5 Å². The number of anilines is 1. The largest absolute Gasteiger partial charge is 0.398 e. The number of nitrogens with two attached hydrogens (primary N) is 1. The molecule has 0 spiro atoms. The number of amides is 1. The third-order valence-corrected chi connectivity index (χ3v) is 2.85. The van der Waals surface area contributed by atoms with E-state index < -0.39 is 0 Å². The molecule has 2 rings (SSSR count). The van der Waals surface area contributed by atoms with Crippen LogP contribution in [-0.2, 0) is 6.54 Å². The fourth-order valence-electron chi connectivity index (χ4n) is 1.46. The summed E-state index contributed by atoms with van der Waals surface area (Å²) >= 11 is 3.31. The Morgan fingerprint density at radius 3 is 3.06 bits per heavy atom. The molecule has 0 saturated heterocycles. The summed E-state index contributed by atoms with van der Waals surface area (Å²) < 4.78 is 2.46. The molecule has 2 aromatic rings. The number of carbonyl (C=O) groups is 1. The van der Waals surface area contributed by atoms with Crippen LogP contribution in [0.25, 0.3) is 0 Å². The van der Waals surface area contributed by atoms with Crippen molar-refractivity contribution in [3.63, 3.8) is 0 Å². The lowest BCUT2D eigenvalue weighted by molar-refractivity contribution is 0.0952. The van der Waals surface area contributed by atoms with Crippen LogP contribution < -0.4 is 11.1 Å². The molecule has 6 nitrogen and oxygen atoms in total. The first-order valence-corrected chi connectivity index (χ1v) is 6.13. The number of nitrogens with one attached hydrogen (secondary N) is 1. The summed E-state index contributed by atoms with van der Waals surface area (Å²) in [6.45, 7) is 1.04. The topological polar surface area (TPSA) is 85.8 Å². The molecule has 1 aromatic carbocycles. The Morgan fingerprint density at radius 1 is 1.50 bits per heavy atom. The van der Waals surface area contributed by atoms with E-state index in [-0.39, 0.29) is 5.91 Å². The maximum absolute atomic E-state index is 11.9. The highest BCUT2D eigenvalue weighted by molar-refractivity contribution is 9.10. The maximum Gasteiger partial charge on any atom is 0.253 e. The third kappa shape index (κ3) is 3.07. The second-order valence-electron chi connectivity index (χ2n) is 3.65. The van der Waals surface area contributed by atoms with E-state index in [9.17, 15) is 4.79 Å². The first-order chi connectivity index (χ1) is 8.66. The molecule has 0 unspecified atom stereocenters. The monoisotopic (exact) mass is 309 g/mol. The van der Waals surface area contributed by atoms with Gasteiger partial charge >= 0.3 is 0 Å². The minimum Gasteiger partial charge on any atom is -0.398 e. The summed E-state index contributed by atoms with van der Waals surface area (Å²) in [4.78, 5) is 11.9. The maximum atomic E-state index is 11.9. The first-order valence-electron chi connectivity index (χ1n) is 5.34. The molecule has 0 aliphatic heterocycles. The molecule has 0 radical (unpaired) electrons. The zero-order valence-electron chi connectivity index (χ0n) is 9.51. The van der Waals surface area contributed by atoms with Crippen molar-refractivity contribution in [3.05, 3.63) is 40.6 Å². The highest BCUT2D eigenvalue weighted by Gasteiger charge is 2.09. The Morgan fingerprint density at radius 2 is 2.33 bits per heavy atom. The molecule has 0 fully saturated rings. The van der Waals surface area contributed by atoms with E-state index in [0.29, 0.717) is 24.3 Å². The number of benzene rings is 1. The van der Waals surface area contributed by atoms with Crippen LogP contribution in [0.5, 0.6) is 0 Å². The fourth-order valence-corrected chi connectivity index (χ4v) is 1.82. The molecule has 1 heterocycles. The first kappa shape index (κ1) is 12.6. The predicted molar refractivity (Wildman–Crippen MR) is 70.9 cm³/mol. The van der Waals surface area contributed by atoms with Crippen LogP contribution in [-0.4, -0.2) is 27.4 Å². The molecule has 18 heavy (non-hydrogen) atoms. The summed E-state index contributed by atoms with van der Waals surface area (Å²) in [6.07, 6.45) is 3.33. The Hall–Kier alpha value is -1.89. The average molecular weight is 310 g/mol. The van der Waals surface area contributed by atoms with Crippen LogP contribution in [0.3, 0.4) is 0 Å². The van der Waals surface area contributed by atoms with Gasteiger partial charge in [0.25, 0.3) is 5.91 Å². The number of rotatable bonds is 4. The van der Waals surface area contributed by atoms with E-state index in [4.69, 9.17) is 5.73 Å². The standard InChI is InChI=1S/C11H12BrN5O/c12-8-1-2-10(13)9(7-8)11(18)14-3-5-17-6-4-15-16-17/h1-2,4,6-7H,3,5,13H2,(H,14,18). The second kappa shape index (κ2) is 5.63. The van der Waals surface area contributed by atoms with Crippen LogP contribution >= 0.6 is 15.9 Å². The molecule has 1 amide bonds. The lowest BCUT2D eigenvalue weighted by atomic mass is 10.1. The van der Waals surface area contributed by atoms with Gasteiger partial charge < -0.3 is 11.1 Å². The van der Waals surface area contributed by atoms with Gasteiger partial charge in [0.05, 0.1) is 18.3 Å². The van der Waals surface area contributed by atoms with Gasteiger partial charge in [-0.05, 0) is 18.2 Å². The van der Waals surface area contributed by atoms with Gasteiger partial charge in [0.2, 0.25) is 0 Å². The molecule has 94 valence electrons. The van der Waals surface area contributed by atoms with Gasteiger partial charge in [-0.25, -0.2) is 0 Å². The molecular formula is C11H12BrN5O. The summed E-state index contributed by atoms with van der Waals surface area (Å²) in [6, 6.07) is 5.18. The minimum absolute atomic E-state index is 0.200. The number of hydrogen-bond acceptors (Lipinski definition) is 4. The van der Waals surface area contributed by atoms with E-state index in [2.05, 4.69) is 31.6 Å². The van der Waals surface area contributed by atoms with Crippen LogP contribution in [0.1, 0.15) is 10.4 Å². The van der Waals surface area contributed by atoms with E-state index in [1.807, 2.05) is 0 Å². The molecule has 3 N–H and O–H groups in total. The van der Waals surface area contributed by atoms with Gasteiger partial charge in [-0.15, -0.1) is 5.10 Å². The summed E-state index contributed by atoms with van der Waals surface area (Å²) in [5.74, 6) is -0.200. The lowest BCUT2D eigenvalue weighted by Crippen LogP contribution is -2.28. The van der Waals surface area contributed by atoms with Gasteiger partial charge in [0, 0.05) is 22.9 Å². The highest BCUT2D eigenvalue weighted by atomic mass is 79.9. The number of halogens is 1. The molecule has 0 aliphatic carbocycles. The Kier molecular flexibility index (Phi) is 3.93. The second-order valence-corrected chi connectivity index (χ2v) is 4.57. The average Bonchev–Trinajstić information content (AvgIpc) is 2.85. The molecule has 7 heteroatoms. The molecule has 1 aromatic heterocycles. The number of hydrogen-bond donors (Lipinski definition) is 2. The van der Waals surface area contributed by atoms with Crippen LogP contribution in [0, 0.1) is 0 Å². The Bertz CT molecular complexity index is 540. The van der Waals surface area contributed by atoms with Gasteiger partial charge in [0.15, 0.2) is 0 Å². The van der Waals surface area contributed by atoms with Gasteiger partial charge in [0.1, 0.15) is 0 Å². The van der Waals surface area contributed by atoms with Gasteiger partial charge in [-0.3, -0.25) is 9.48 Å². The zero-order valence-corrected chi connectivity index (χ0v) is 11.1. The normalized spacial score (nSPS) is 10.3. The quantitative estimate of drug-likeness (QED) is 0.827. The molecule has 0 saturated carbocycles. The van der Waals surface area contributed by atoms with E-state index in [1.54, 1.807) is 35.3 Å². The van der Waals surface area contributed by atoms with Crippen LogP contribution in [0.4, 0.5) is 5.69 Å². The number of aromatic nitrogens is 3. The van der Waals surface area contributed by atoms with Crippen molar-refractivity contribution in [1.82, 2.24) is 20.3 Å². The summed E-state index contributed by atoms with van der Waals surface area (Å²) in [7, 11) is 0. The van der Waals surface area contributed by atoms with Gasteiger partial charge in [-0.2, -0.15) is 0 Å². The van der Waals surface area contributed by atoms with Crippen LogP contribution in [0.15, 0.2) is 35.1 Å². The number of carbonyl (C=O) groups excluding carboxylic acids is 1. The molecule has 0 aliphatic rings. The van der Waals surface area contributed by atoms with Crippen molar-refractivity contribution in [2.24, 2.45) is 0 Å². The minimum atomic E-state index is -0.200. The van der Waals surface area contributed by atoms with Crippen molar-refractivity contribution in [1.29, 1.82) is 0 Å². The van der Waals surface area contributed by atoms with Crippen molar-refractivity contribution in [2.45, 2.75) is 6.54 Å². The number of nitrogens with zero attached hydrogens (tertiary/aromatic N) is 3. The van der Waals surface area contributed by atoms with E-state index in [0.717, 1.165) is 4.47 Å². The molecular weight excluding hydrogens is 298 g/mol. The van der Waals surface area contributed by atoms with Crippen molar-refractivity contribution < 1.29 is 4.79 Å². The van der Waals surface area contributed by atoms with Crippen molar-refractivity contribution in [2.75, 3.05) is 12.3 Å². The summed E-state index contributed by atoms with van der Waals surface area (Å²) in [5, 5.41) is 10.3. The molecule has 0 bridgehead atoms. The zero-order chi connectivity index (χ0) is 13.0. The third-order valence-electron chi connectivity index (χ3n) is 2.36. The number of nitrogen functional groups attached to an aromatic ring is 1. The SMILES string of the molecule is Nc1ccc(Br)cc1C(=O)NCCn1ccnn1. The van der Waals surface area contributed by atoms with Gasteiger partial charge in [-0.1, -0.05) is 21.1 Å². The van der Waals surface area contributed by atoms with Crippen molar-refractivity contribution in [3.8, 4) is 0 Å². The summed E-state index contributed by atoms with van der Waals surface area (Å²) in [5.41, 5.74) is 6.66. The van der Waals surface area contributed by atoms with Crippen LogP contribution in [0.2, 0.25) is 0 Å². The lowest BCUT2D eigenvalue weighted by Gasteiger charge is -2.07. The predicted octanol–water partition coefficient (Wildman–Crippen LogP) is 1.05.